The van der Waals surface area contributed by atoms with Crippen LogP contribution in [0.4, 0.5) is 0 Å². The van der Waals surface area contributed by atoms with Crippen molar-refractivity contribution < 1.29 is 8.42 Å². The Kier molecular flexibility index (Phi) is 14.9. The number of unbranched alkanes of at least 4 members (excludes halogenated alkanes) is 9. The summed E-state index contributed by atoms with van der Waals surface area (Å²) in [6, 6.07) is 0. The molecule has 2 N–H and O–H groups in total. The van der Waals surface area contributed by atoms with Gasteiger partial charge in [-0.15, -0.1) is 0 Å². The molecule has 0 radical (unpaired) electrons. The standard InChI is InChI=1S/C18H35NO2S/c1-2-3-4-5-6-7-8-9-10-11-12-13-14-15-16-17-18-22(19,20)21/h6-7,9-10H,2-5,8,11-18H2,1H3,(H2,19,20,21)/b7-6-,10-9-. The normalized spacial score (nSPS) is 12.6. The third-order valence-corrected chi connectivity index (χ3v) is 4.49. The summed E-state index contributed by atoms with van der Waals surface area (Å²) in [5, 5.41) is 4.96. The Bertz CT molecular complexity index is 386. The summed E-state index contributed by atoms with van der Waals surface area (Å²) in [6.45, 7) is 2.23. The van der Waals surface area contributed by atoms with Gasteiger partial charge in [-0.1, -0.05) is 69.8 Å². The summed E-state index contributed by atoms with van der Waals surface area (Å²) in [7, 11) is -3.26. The molecule has 3 nitrogen and oxygen atoms in total. The molecule has 0 bridgehead atoms. The van der Waals surface area contributed by atoms with Crippen molar-refractivity contribution in [3.63, 3.8) is 0 Å². The highest BCUT2D eigenvalue weighted by Gasteiger charge is 2.00. The molecule has 0 aliphatic rings. The van der Waals surface area contributed by atoms with Gasteiger partial charge in [0.05, 0.1) is 5.75 Å². The van der Waals surface area contributed by atoms with E-state index in [0.29, 0.717) is 6.42 Å². The second-order valence-electron chi connectivity index (χ2n) is 5.95. The topological polar surface area (TPSA) is 60.2 Å². The molecule has 0 aromatic heterocycles. The van der Waals surface area contributed by atoms with Crippen molar-refractivity contribution in [2.75, 3.05) is 5.75 Å². The molecule has 0 heterocycles. The maximum absolute atomic E-state index is 10.7. The molecule has 0 amide bonds. The average molecular weight is 330 g/mol. The lowest BCUT2D eigenvalue weighted by Gasteiger charge is -2.00. The lowest BCUT2D eigenvalue weighted by molar-refractivity contribution is 0.582. The molecular formula is C18H35NO2S. The van der Waals surface area contributed by atoms with E-state index in [0.717, 1.165) is 25.7 Å². The van der Waals surface area contributed by atoms with Crippen LogP contribution in [0.5, 0.6) is 0 Å². The van der Waals surface area contributed by atoms with Crippen LogP contribution in [0.25, 0.3) is 0 Å². The predicted octanol–water partition coefficient (Wildman–Crippen LogP) is 5.09. The number of nitrogens with two attached hydrogens (primary N) is 1. The molecule has 0 saturated heterocycles. The Morgan fingerprint density at radius 1 is 0.727 bits per heavy atom. The van der Waals surface area contributed by atoms with Gasteiger partial charge in [-0.2, -0.15) is 0 Å². The van der Waals surface area contributed by atoms with Gasteiger partial charge in [0.15, 0.2) is 0 Å². The number of primary sulfonamides is 1. The summed E-state index contributed by atoms with van der Waals surface area (Å²) >= 11 is 0. The number of rotatable bonds is 15. The fourth-order valence-electron chi connectivity index (χ4n) is 2.29. The van der Waals surface area contributed by atoms with Crippen LogP contribution in [0.2, 0.25) is 0 Å². The van der Waals surface area contributed by atoms with Crippen LogP contribution in [-0.4, -0.2) is 14.2 Å². The van der Waals surface area contributed by atoms with E-state index in [4.69, 9.17) is 5.14 Å². The summed E-state index contributed by atoms with van der Waals surface area (Å²) < 4.78 is 21.5. The first-order chi connectivity index (χ1) is 10.6. The zero-order valence-electron chi connectivity index (χ0n) is 14.3. The largest absolute Gasteiger partial charge is 0.229 e. The second kappa shape index (κ2) is 15.3. The second-order valence-corrected chi connectivity index (χ2v) is 7.69. The minimum Gasteiger partial charge on any atom is -0.229 e. The van der Waals surface area contributed by atoms with Crippen molar-refractivity contribution >= 4 is 10.0 Å². The van der Waals surface area contributed by atoms with Crippen molar-refractivity contribution in [3.8, 4) is 0 Å². The monoisotopic (exact) mass is 329 g/mol. The van der Waals surface area contributed by atoms with Gasteiger partial charge in [-0.05, 0) is 38.5 Å². The number of hydrogen-bond acceptors (Lipinski definition) is 2. The van der Waals surface area contributed by atoms with E-state index >= 15 is 0 Å². The fourth-order valence-corrected chi connectivity index (χ4v) is 2.90. The molecule has 0 aromatic rings. The van der Waals surface area contributed by atoms with Crippen molar-refractivity contribution in [2.45, 2.75) is 84.0 Å². The molecule has 0 fully saturated rings. The van der Waals surface area contributed by atoms with E-state index in [9.17, 15) is 8.42 Å². The minimum atomic E-state index is -3.26. The zero-order valence-corrected chi connectivity index (χ0v) is 15.1. The van der Waals surface area contributed by atoms with Crippen LogP contribution in [-0.2, 0) is 10.0 Å². The van der Waals surface area contributed by atoms with Crippen LogP contribution in [0.15, 0.2) is 24.3 Å². The number of allylic oxidation sites excluding steroid dienone is 4. The molecule has 22 heavy (non-hydrogen) atoms. The Balaban J connectivity index is 3.24. The van der Waals surface area contributed by atoms with Crippen LogP contribution >= 0.6 is 0 Å². The Morgan fingerprint density at radius 2 is 1.23 bits per heavy atom. The quantitative estimate of drug-likeness (QED) is 0.336. The number of hydrogen-bond donors (Lipinski definition) is 1. The number of sulfonamides is 1. The van der Waals surface area contributed by atoms with Gasteiger partial charge in [0.25, 0.3) is 0 Å². The molecule has 0 aliphatic heterocycles. The van der Waals surface area contributed by atoms with E-state index < -0.39 is 10.0 Å². The highest BCUT2D eigenvalue weighted by atomic mass is 32.2. The fraction of sp³-hybridized carbons (Fsp3) is 0.778. The van der Waals surface area contributed by atoms with E-state index in [2.05, 4.69) is 31.2 Å². The van der Waals surface area contributed by atoms with Gasteiger partial charge in [-0.25, -0.2) is 13.6 Å². The summed E-state index contributed by atoms with van der Waals surface area (Å²) in [4.78, 5) is 0. The first kappa shape index (κ1) is 21.4. The van der Waals surface area contributed by atoms with Gasteiger partial charge in [0.2, 0.25) is 10.0 Å². The SMILES string of the molecule is CCCCC/C=C\C/C=C\CCCCCCCCS(N)(=O)=O. The van der Waals surface area contributed by atoms with Crippen molar-refractivity contribution in [2.24, 2.45) is 5.14 Å². The van der Waals surface area contributed by atoms with Gasteiger partial charge in [0, 0.05) is 0 Å². The summed E-state index contributed by atoms with van der Waals surface area (Å²) in [5.74, 6) is 0.127. The van der Waals surface area contributed by atoms with Crippen molar-refractivity contribution in [3.05, 3.63) is 24.3 Å². The van der Waals surface area contributed by atoms with Gasteiger partial charge >= 0.3 is 0 Å². The first-order valence-corrected chi connectivity index (χ1v) is 10.6. The maximum atomic E-state index is 10.7. The van der Waals surface area contributed by atoms with Crippen LogP contribution in [0.3, 0.4) is 0 Å². The Labute approximate surface area is 138 Å². The molecule has 0 rings (SSSR count). The molecule has 0 atom stereocenters. The lowest BCUT2D eigenvalue weighted by atomic mass is 10.1. The van der Waals surface area contributed by atoms with E-state index in [-0.39, 0.29) is 5.75 Å². The van der Waals surface area contributed by atoms with Crippen LogP contribution in [0, 0.1) is 0 Å². The van der Waals surface area contributed by atoms with Crippen LogP contribution in [0.1, 0.15) is 84.0 Å². The smallest absolute Gasteiger partial charge is 0.209 e. The molecule has 130 valence electrons. The molecule has 0 aliphatic carbocycles. The first-order valence-electron chi connectivity index (χ1n) is 8.86. The molecule has 0 aromatic carbocycles. The van der Waals surface area contributed by atoms with E-state index in [1.165, 1.54) is 44.9 Å². The van der Waals surface area contributed by atoms with E-state index in [1.54, 1.807) is 0 Å². The Hall–Kier alpha value is -0.610. The van der Waals surface area contributed by atoms with Gasteiger partial charge in [0.1, 0.15) is 0 Å². The van der Waals surface area contributed by atoms with Gasteiger partial charge < -0.3 is 0 Å². The molecule has 0 saturated carbocycles. The van der Waals surface area contributed by atoms with Crippen molar-refractivity contribution in [1.82, 2.24) is 0 Å². The third-order valence-electron chi connectivity index (χ3n) is 3.63. The van der Waals surface area contributed by atoms with E-state index in [1.807, 2.05) is 0 Å². The van der Waals surface area contributed by atoms with Gasteiger partial charge in [-0.3, -0.25) is 0 Å². The average Bonchev–Trinajstić information content (AvgIpc) is 2.45. The zero-order chi connectivity index (χ0) is 16.5. The molecule has 4 heteroatoms. The highest BCUT2D eigenvalue weighted by molar-refractivity contribution is 7.89. The molecule has 0 unspecified atom stereocenters. The summed E-state index contributed by atoms with van der Waals surface area (Å²) in [5.41, 5.74) is 0. The van der Waals surface area contributed by atoms with Crippen LogP contribution < -0.4 is 5.14 Å². The lowest BCUT2D eigenvalue weighted by Crippen LogP contribution is -2.16. The predicted molar refractivity (Wildman–Crippen MR) is 97.3 cm³/mol. The maximum Gasteiger partial charge on any atom is 0.209 e. The Morgan fingerprint density at radius 3 is 1.77 bits per heavy atom. The van der Waals surface area contributed by atoms with Crippen molar-refractivity contribution in [1.29, 1.82) is 0 Å². The third kappa shape index (κ3) is 19.4. The molecule has 0 spiro atoms. The summed E-state index contributed by atoms with van der Waals surface area (Å²) in [6.07, 6.45) is 22.9. The minimum absolute atomic E-state index is 0.127. The molecular weight excluding hydrogens is 294 g/mol. The highest BCUT2D eigenvalue weighted by Crippen LogP contribution is 2.08.